The van der Waals surface area contributed by atoms with E-state index in [1.807, 2.05) is 13.8 Å². The van der Waals surface area contributed by atoms with Gasteiger partial charge in [-0.25, -0.2) is 4.68 Å². The van der Waals surface area contributed by atoms with Crippen LogP contribution in [0.15, 0.2) is 11.0 Å². The number of hydrogen-bond donors (Lipinski definition) is 2. The summed E-state index contributed by atoms with van der Waals surface area (Å²) < 4.78 is 1.40. The van der Waals surface area contributed by atoms with Crippen molar-refractivity contribution in [3.8, 4) is 0 Å². The van der Waals surface area contributed by atoms with E-state index in [9.17, 15) is 9.90 Å². The van der Waals surface area contributed by atoms with Crippen LogP contribution in [0.1, 0.15) is 33.1 Å². The third-order valence-electron chi connectivity index (χ3n) is 3.76. The van der Waals surface area contributed by atoms with Crippen molar-refractivity contribution in [3.05, 3.63) is 21.6 Å². The fourth-order valence-corrected chi connectivity index (χ4v) is 2.89. The standard InChI is InChI=1S/C14H22ClN3O2/c1-9(2)7-18-14(20)13(15)12(6-16-18)17-11-5-3-4-10(11)8-19/h6,9-11,17,19H,3-5,7-8H2,1-2H3. The zero-order valence-electron chi connectivity index (χ0n) is 12.0. The molecule has 0 aromatic carbocycles. The first-order valence-electron chi connectivity index (χ1n) is 7.16. The van der Waals surface area contributed by atoms with Gasteiger partial charge in [0.05, 0.1) is 11.9 Å². The van der Waals surface area contributed by atoms with Crippen molar-refractivity contribution < 1.29 is 5.11 Å². The van der Waals surface area contributed by atoms with Crippen LogP contribution in [0.3, 0.4) is 0 Å². The van der Waals surface area contributed by atoms with Crippen molar-refractivity contribution in [2.45, 2.75) is 45.7 Å². The Bertz CT molecular complexity index is 516. The molecule has 2 unspecified atom stereocenters. The summed E-state index contributed by atoms with van der Waals surface area (Å²) >= 11 is 6.15. The minimum Gasteiger partial charge on any atom is -0.396 e. The molecule has 20 heavy (non-hydrogen) atoms. The van der Waals surface area contributed by atoms with Gasteiger partial charge in [-0.3, -0.25) is 4.79 Å². The third kappa shape index (κ3) is 3.33. The topological polar surface area (TPSA) is 67.2 Å². The highest BCUT2D eigenvalue weighted by atomic mass is 35.5. The van der Waals surface area contributed by atoms with Gasteiger partial charge < -0.3 is 10.4 Å². The fraction of sp³-hybridized carbons (Fsp3) is 0.714. The first-order chi connectivity index (χ1) is 9.52. The smallest absolute Gasteiger partial charge is 0.287 e. The van der Waals surface area contributed by atoms with Crippen molar-refractivity contribution in [3.63, 3.8) is 0 Å². The number of anilines is 1. The number of hydrogen-bond acceptors (Lipinski definition) is 4. The van der Waals surface area contributed by atoms with Gasteiger partial charge in [0.25, 0.3) is 5.56 Å². The lowest BCUT2D eigenvalue weighted by Crippen LogP contribution is -2.30. The second-order valence-electron chi connectivity index (χ2n) is 5.88. The SMILES string of the molecule is CC(C)Cn1ncc(NC2CCCC2CO)c(Cl)c1=O. The molecule has 1 heterocycles. The number of aliphatic hydroxyl groups is 1. The maximum absolute atomic E-state index is 12.1. The molecule has 1 aromatic rings. The van der Waals surface area contributed by atoms with Gasteiger partial charge in [0.2, 0.25) is 0 Å². The molecular weight excluding hydrogens is 278 g/mol. The Kier molecular flexibility index (Phi) is 5.05. The Morgan fingerprint density at radius 1 is 1.55 bits per heavy atom. The van der Waals surface area contributed by atoms with E-state index in [1.165, 1.54) is 4.68 Å². The van der Waals surface area contributed by atoms with Crippen LogP contribution >= 0.6 is 11.6 Å². The number of rotatable bonds is 5. The van der Waals surface area contributed by atoms with Crippen molar-refractivity contribution in [2.24, 2.45) is 11.8 Å². The maximum atomic E-state index is 12.1. The zero-order chi connectivity index (χ0) is 14.7. The van der Waals surface area contributed by atoms with Gasteiger partial charge in [0.15, 0.2) is 0 Å². The van der Waals surface area contributed by atoms with Crippen LogP contribution < -0.4 is 10.9 Å². The Hall–Kier alpha value is -1.07. The maximum Gasteiger partial charge on any atom is 0.287 e. The molecule has 1 fully saturated rings. The molecule has 112 valence electrons. The molecule has 6 heteroatoms. The van der Waals surface area contributed by atoms with Crippen molar-refractivity contribution >= 4 is 17.3 Å². The summed E-state index contributed by atoms with van der Waals surface area (Å²) in [6, 6.07) is 0.166. The van der Waals surface area contributed by atoms with Crippen LogP contribution in [0, 0.1) is 11.8 Å². The Balaban J connectivity index is 2.17. The molecule has 1 aliphatic carbocycles. The first kappa shape index (κ1) is 15.3. The lowest BCUT2D eigenvalue weighted by molar-refractivity contribution is 0.222. The summed E-state index contributed by atoms with van der Waals surface area (Å²) in [7, 11) is 0. The Labute approximate surface area is 124 Å². The Morgan fingerprint density at radius 3 is 2.95 bits per heavy atom. The minimum absolute atomic E-state index is 0.160. The molecule has 1 aliphatic rings. The van der Waals surface area contributed by atoms with Crippen molar-refractivity contribution in [2.75, 3.05) is 11.9 Å². The molecule has 2 N–H and O–H groups in total. The highest BCUT2D eigenvalue weighted by Gasteiger charge is 2.27. The number of aromatic nitrogens is 2. The van der Waals surface area contributed by atoms with Gasteiger partial charge >= 0.3 is 0 Å². The lowest BCUT2D eigenvalue weighted by Gasteiger charge is -2.21. The van der Waals surface area contributed by atoms with Crippen LogP contribution in [0.4, 0.5) is 5.69 Å². The van der Waals surface area contributed by atoms with Crippen LogP contribution in [0.25, 0.3) is 0 Å². The predicted octanol–water partition coefficient (Wildman–Crippen LogP) is 2.13. The minimum atomic E-state index is -0.260. The first-order valence-corrected chi connectivity index (χ1v) is 7.53. The highest BCUT2D eigenvalue weighted by Crippen LogP contribution is 2.29. The highest BCUT2D eigenvalue weighted by molar-refractivity contribution is 6.32. The molecule has 0 aliphatic heterocycles. The molecule has 2 atom stereocenters. The predicted molar refractivity (Wildman–Crippen MR) is 80.2 cm³/mol. The lowest BCUT2D eigenvalue weighted by atomic mass is 10.1. The number of nitrogens with one attached hydrogen (secondary N) is 1. The monoisotopic (exact) mass is 299 g/mol. The molecular formula is C14H22ClN3O2. The molecule has 0 radical (unpaired) electrons. The number of aliphatic hydroxyl groups excluding tert-OH is 1. The van der Waals surface area contributed by atoms with Crippen molar-refractivity contribution in [1.29, 1.82) is 0 Å². The summed E-state index contributed by atoms with van der Waals surface area (Å²) in [6.45, 7) is 4.77. The molecule has 5 nitrogen and oxygen atoms in total. The average molecular weight is 300 g/mol. The average Bonchev–Trinajstić information content (AvgIpc) is 2.85. The van der Waals surface area contributed by atoms with Crippen LogP contribution in [0.5, 0.6) is 0 Å². The molecule has 0 spiro atoms. The van der Waals surface area contributed by atoms with Gasteiger partial charge in [-0.05, 0) is 18.8 Å². The van der Waals surface area contributed by atoms with Gasteiger partial charge in [-0.1, -0.05) is 31.9 Å². The Morgan fingerprint density at radius 2 is 2.30 bits per heavy atom. The second kappa shape index (κ2) is 6.59. The second-order valence-corrected chi connectivity index (χ2v) is 6.26. The zero-order valence-corrected chi connectivity index (χ0v) is 12.7. The van der Waals surface area contributed by atoms with Crippen molar-refractivity contribution in [1.82, 2.24) is 9.78 Å². The van der Waals surface area contributed by atoms with E-state index >= 15 is 0 Å². The largest absolute Gasteiger partial charge is 0.396 e. The summed E-state index contributed by atoms with van der Waals surface area (Å²) in [4.78, 5) is 12.1. The molecule has 2 rings (SSSR count). The summed E-state index contributed by atoms with van der Waals surface area (Å²) in [5, 5.41) is 16.9. The molecule has 0 amide bonds. The van der Waals surface area contributed by atoms with Crippen LogP contribution in [-0.2, 0) is 6.54 Å². The summed E-state index contributed by atoms with van der Waals surface area (Å²) in [6.07, 6.45) is 4.68. The van der Waals surface area contributed by atoms with Crippen LogP contribution in [0.2, 0.25) is 5.02 Å². The summed E-state index contributed by atoms with van der Waals surface area (Å²) in [5.41, 5.74) is 0.311. The quantitative estimate of drug-likeness (QED) is 0.874. The summed E-state index contributed by atoms with van der Waals surface area (Å²) in [5.74, 6) is 0.563. The van der Waals surface area contributed by atoms with E-state index in [2.05, 4.69) is 10.4 Å². The third-order valence-corrected chi connectivity index (χ3v) is 4.12. The van der Waals surface area contributed by atoms with Gasteiger partial charge in [-0.15, -0.1) is 0 Å². The number of halogens is 1. The fourth-order valence-electron chi connectivity index (χ4n) is 2.69. The number of nitrogens with zero attached hydrogens (tertiary/aromatic N) is 2. The van der Waals surface area contributed by atoms with Gasteiger partial charge in [0.1, 0.15) is 5.02 Å². The normalized spacial score (nSPS) is 22.4. The van der Waals surface area contributed by atoms with E-state index in [-0.39, 0.29) is 29.1 Å². The van der Waals surface area contributed by atoms with Crippen LogP contribution in [-0.4, -0.2) is 27.5 Å². The van der Waals surface area contributed by atoms with E-state index in [0.29, 0.717) is 18.2 Å². The molecule has 0 bridgehead atoms. The molecule has 0 saturated heterocycles. The van der Waals surface area contributed by atoms with E-state index in [0.717, 1.165) is 19.3 Å². The molecule has 1 saturated carbocycles. The van der Waals surface area contributed by atoms with Gasteiger partial charge in [-0.2, -0.15) is 5.10 Å². The van der Waals surface area contributed by atoms with Gasteiger partial charge in [0, 0.05) is 25.1 Å². The van der Waals surface area contributed by atoms with E-state index in [1.54, 1.807) is 6.20 Å². The van der Waals surface area contributed by atoms with E-state index < -0.39 is 0 Å². The van der Waals surface area contributed by atoms with E-state index in [4.69, 9.17) is 11.6 Å². The molecule has 1 aromatic heterocycles.